The van der Waals surface area contributed by atoms with E-state index < -0.39 is 0 Å². The van der Waals surface area contributed by atoms with Crippen LogP contribution in [0.3, 0.4) is 0 Å². The summed E-state index contributed by atoms with van der Waals surface area (Å²) in [6.07, 6.45) is 2.78. The second kappa shape index (κ2) is 8.13. The fourth-order valence-electron chi connectivity index (χ4n) is 3.23. The van der Waals surface area contributed by atoms with Gasteiger partial charge in [-0.3, -0.25) is 0 Å². The third kappa shape index (κ3) is 3.90. The smallest absolute Gasteiger partial charge is 0.225 e. The fourth-order valence-corrected chi connectivity index (χ4v) is 3.23. The highest BCUT2D eigenvalue weighted by Crippen LogP contribution is 2.32. The highest BCUT2D eigenvalue weighted by molar-refractivity contribution is 5.57. The molecule has 1 atom stereocenters. The molecule has 27 heavy (non-hydrogen) atoms. The predicted molar refractivity (Wildman–Crippen MR) is 105 cm³/mol. The maximum Gasteiger partial charge on any atom is 0.225 e. The summed E-state index contributed by atoms with van der Waals surface area (Å²) in [5.74, 6) is 1.47. The number of hydrogen-bond acceptors (Lipinski definition) is 7. The maximum absolute atomic E-state index is 9.76. The first-order chi connectivity index (χ1) is 13.0. The second-order valence-corrected chi connectivity index (χ2v) is 6.43. The van der Waals surface area contributed by atoms with Crippen molar-refractivity contribution in [2.75, 3.05) is 11.5 Å². The predicted octanol–water partition coefficient (Wildman–Crippen LogP) is 2.48. The SMILES string of the molecule is CCCCC(c1nc(N)nc(N)n1)n1c(-c2ccccc2)nc(CO)c1C. The van der Waals surface area contributed by atoms with Crippen molar-refractivity contribution in [1.29, 1.82) is 0 Å². The Labute approximate surface area is 158 Å². The lowest BCUT2D eigenvalue weighted by atomic mass is 10.1. The standard InChI is InChI=1S/C19H25N7O/c1-3-4-10-15(16-23-18(20)25-19(21)24-16)26-12(2)14(11-27)22-17(26)13-8-6-5-7-9-13/h5-9,15,27H,3-4,10-11H2,1-2H3,(H4,20,21,23,24,25). The van der Waals surface area contributed by atoms with Crippen LogP contribution in [0.15, 0.2) is 30.3 Å². The minimum atomic E-state index is -0.208. The van der Waals surface area contributed by atoms with Gasteiger partial charge in [0.2, 0.25) is 11.9 Å². The summed E-state index contributed by atoms with van der Waals surface area (Å²) in [5.41, 5.74) is 14.1. The van der Waals surface area contributed by atoms with E-state index in [1.165, 1.54) is 0 Å². The van der Waals surface area contributed by atoms with Crippen molar-refractivity contribution in [1.82, 2.24) is 24.5 Å². The highest BCUT2D eigenvalue weighted by atomic mass is 16.3. The number of nitrogens with zero attached hydrogens (tertiary/aromatic N) is 5. The molecule has 8 heteroatoms. The van der Waals surface area contributed by atoms with Crippen molar-refractivity contribution in [2.45, 2.75) is 45.8 Å². The van der Waals surface area contributed by atoms with Gasteiger partial charge in [0.25, 0.3) is 0 Å². The summed E-state index contributed by atoms with van der Waals surface area (Å²) in [6.45, 7) is 3.93. The number of anilines is 2. The van der Waals surface area contributed by atoms with Crippen LogP contribution in [0.2, 0.25) is 0 Å². The van der Waals surface area contributed by atoms with Crippen LogP contribution >= 0.6 is 0 Å². The van der Waals surface area contributed by atoms with E-state index in [2.05, 4.69) is 31.4 Å². The zero-order valence-corrected chi connectivity index (χ0v) is 15.6. The average molecular weight is 367 g/mol. The normalized spacial score (nSPS) is 12.3. The van der Waals surface area contributed by atoms with Crippen LogP contribution in [-0.2, 0) is 6.61 Å². The molecule has 0 amide bonds. The number of nitrogens with two attached hydrogens (primary N) is 2. The number of aliphatic hydroxyl groups is 1. The van der Waals surface area contributed by atoms with E-state index in [1.54, 1.807) is 0 Å². The molecular formula is C19H25N7O. The molecule has 0 aliphatic carbocycles. The molecule has 0 aliphatic heterocycles. The summed E-state index contributed by atoms with van der Waals surface area (Å²) < 4.78 is 2.07. The van der Waals surface area contributed by atoms with Gasteiger partial charge in [-0.25, -0.2) is 4.98 Å². The van der Waals surface area contributed by atoms with Crippen molar-refractivity contribution < 1.29 is 5.11 Å². The zero-order chi connectivity index (χ0) is 19.4. The van der Waals surface area contributed by atoms with Gasteiger partial charge in [-0.15, -0.1) is 0 Å². The Balaban J connectivity index is 2.20. The summed E-state index contributed by atoms with van der Waals surface area (Å²) in [7, 11) is 0. The van der Waals surface area contributed by atoms with Crippen LogP contribution in [0, 0.1) is 6.92 Å². The minimum Gasteiger partial charge on any atom is -0.390 e. The van der Waals surface area contributed by atoms with Crippen LogP contribution < -0.4 is 11.5 Å². The second-order valence-electron chi connectivity index (χ2n) is 6.43. The van der Waals surface area contributed by atoms with Gasteiger partial charge in [0, 0.05) is 11.3 Å². The van der Waals surface area contributed by atoms with Crippen molar-refractivity contribution in [3.8, 4) is 11.4 Å². The van der Waals surface area contributed by atoms with Crippen LogP contribution in [0.4, 0.5) is 11.9 Å². The molecule has 142 valence electrons. The topological polar surface area (TPSA) is 129 Å². The number of unbranched alkanes of at least 4 members (excludes halogenated alkanes) is 1. The largest absolute Gasteiger partial charge is 0.390 e. The first kappa shape index (κ1) is 18.8. The molecule has 3 rings (SSSR count). The summed E-state index contributed by atoms with van der Waals surface area (Å²) in [5, 5.41) is 9.76. The number of rotatable bonds is 7. The first-order valence-electron chi connectivity index (χ1n) is 9.06. The number of aliphatic hydroxyl groups excluding tert-OH is 1. The van der Waals surface area contributed by atoms with E-state index in [0.29, 0.717) is 11.5 Å². The fraction of sp³-hybridized carbons (Fsp3) is 0.368. The van der Waals surface area contributed by atoms with E-state index in [-0.39, 0.29) is 24.5 Å². The Hall–Kier alpha value is -3.00. The highest BCUT2D eigenvalue weighted by Gasteiger charge is 2.25. The van der Waals surface area contributed by atoms with Gasteiger partial charge in [0.1, 0.15) is 5.82 Å². The molecule has 8 nitrogen and oxygen atoms in total. The molecule has 0 fully saturated rings. The lowest BCUT2D eigenvalue weighted by Crippen LogP contribution is -2.19. The third-order valence-corrected chi connectivity index (χ3v) is 4.56. The van der Waals surface area contributed by atoms with Crippen LogP contribution in [0.5, 0.6) is 0 Å². The first-order valence-corrected chi connectivity index (χ1v) is 9.06. The minimum absolute atomic E-state index is 0.0976. The van der Waals surface area contributed by atoms with Crippen LogP contribution in [0.25, 0.3) is 11.4 Å². The maximum atomic E-state index is 9.76. The molecule has 2 heterocycles. The Kier molecular flexibility index (Phi) is 5.66. The van der Waals surface area contributed by atoms with Gasteiger partial charge < -0.3 is 21.1 Å². The molecule has 1 aromatic carbocycles. The van der Waals surface area contributed by atoms with E-state index in [4.69, 9.17) is 11.5 Å². The van der Waals surface area contributed by atoms with E-state index >= 15 is 0 Å². The van der Waals surface area contributed by atoms with Gasteiger partial charge in [0.05, 0.1) is 18.3 Å². The van der Waals surface area contributed by atoms with Crippen molar-refractivity contribution in [2.24, 2.45) is 0 Å². The third-order valence-electron chi connectivity index (χ3n) is 4.56. The molecule has 0 bridgehead atoms. The van der Waals surface area contributed by atoms with Crippen molar-refractivity contribution in [3.05, 3.63) is 47.5 Å². The average Bonchev–Trinajstić information content (AvgIpc) is 2.99. The monoisotopic (exact) mass is 367 g/mol. The number of nitrogen functional groups attached to an aromatic ring is 2. The Morgan fingerprint density at radius 2 is 1.70 bits per heavy atom. The molecule has 0 radical (unpaired) electrons. The summed E-state index contributed by atoms with van der Waals surface area (Å²) >= 11 is 0. The molecule has 0 saturated heterocycles. The molecule has 1 unspecified atom stereocenters. The van der Waals surface area contributed by atoms with Gasteiger partial charge >= 0.3 is 0 Å². The van der Waals surface area contributed by atoms with Gasteiger partial charge in [-0.2, -0.15) is 15.0 Å². The van der Waals surface area contributed by atoms with E-state index in [0.717, 1.165) is 36.3 Å². The van der Waals surface area contributed by atoms with Gasteiger partial charge in [0.15, 0.2) is 5.82 Å². The molecular weight excluding hydrogens is 342 g/mol. The Morgan fingerprint density at radius 3 is 2.30 bits per heavy atom. The van der Waals surface area contributed by atoms with Crippen LogP contribution in [0.1, 0.15) is 49.4 Å². The zero-order valence-electron chi connectivity index (χ0n) is 15.6. The van der Waals surface area contributed by atoms with E-state index in [9.17, 15) is 5.11 Å². The number of benzene rings is 1. The molecule has 0 aliphatic rings. The van der Waals surface area contributed by atoms with Gasteiger partial charge in [-0.1, -0.05) is 50.1 Å². The lowest BCUT2D eigenvalue weighted by Gasteiger charge is -2.22. The molecule has 0 saturated carbocycles. The summed E-state index contributed by atoms with van der Waals surface area (Å²) in [6, 6.07) is 9.66. The Bertz CT molecular complexity index is 888. The van der Waals surface area contributed by atoms with Crippen LogP contribution in [-0.4, -0.2) is 29.6 Å². The molecule has 2 aromatic heterocycles. The number of imidazole rings is 1. The Morgan fingerprint density at radius 1 is 1.04 bits per heavy atom. The van der Waals surface area contributed by atoms with Crippen molar-refractivity contribution >= 4 is 11.9 Å². The lowest BCUT2D eigenvalue weighted by molar-refractivity contribution is 0.276. The summed E-state index contributed by atoms with van der Waals surface area (Å²) in [4.78, 5) is 17.2. The number of aromatic nitrogens is 5. The quantitative estimate of drug-likeness (QED) is 0.585. The van der Waals surface area contributed by atoms with Crippen molar-refractivity contribution in [3.63, 3.8) is 0 Å². The molecule has 3 aromatic rings. The molecule has 5 N–H and O–H groups in total. The van der Waals surface area contributed by atoms with E-state index in [1.807, 2.05) is 37.3 Å². The van der Waals surface area contributed by atoms with Gasteiger partial charge in [-0.05, 0) is 13.3 Å². The molecule has 0 spiro atoms. The number of hydrogen-bond donors (Lipinski definition) is 3.